The number of hydrogen-bond acceptors (Lipinski definition) is 3. The number of alkyl halides is 3. The Morgan fingerprint density at radius 1 is 1.14 bits per heavy atom. The van der Waals surface area contributed by atoms with Gasteiger partial charge in [0.1, 0.15) is 5.82 Å². The van der Waals surface area contributed by atoms with Gasteiger partial charge in [0, 0.05) is 26.3 Å². The molecular formula is C15H16F3N3. The fourth-order valence-electron chi connectivity index (χ4n) is 1.99. The molecule has 2 N–H and O–H groups in total. The van der Waals surface area contributed by atoms with Crippen LogP contribution in [0.3, 0.4) is 0 Å². The summed E-state index contributed by atoms with van der Waals surface area (Å²) < 4.78 is 37.5. The molecule has 0 saturated carbocycles. The Bertz CT molecular complexity index is 594. The van der Waals surface area contributed by atoms with Crippen LogP contribution in [-0.4, -0.2) is 12.0 Å². The average molecular weight is 295 g/mol. The van der Waals surface area contributed by atoms with Crippen LogP contribution in [0.25, 0.3) is 0 Å². The summed E-state index contributed by atoms with van der Waals surface area (Å²) in [7, 11) is 1.78. The van der Waals surface area contributed by atoms with Gasteiger partial charge in [0.05, 0.1) is 5.56 Å². The third kappa shape index (κ3) is 3.95. The normalized spacial score (nSPS) is 11.5. The Balaban J connectivity index is 2.11. The molecule has 3 nitrogen and oxygen atoms in total. The number of halogens is 3. The molecule has 6 heteroatoms. The summed E-state index contributed by atoms with van der Waals surface area (Å²) in [6.07, 6.45) is -3.51. The summed E-state index contributed by atoms with van der Waals surface area (Å²) in [6.45, 7) is 1.00. The van der Waals surface area contributed by atoms with Gasteiger partial charge in [-0.15, -0.1) is 0 Å². The molecule has 2 rings (SSSR count). The number of nitrogens with zero attached hydrogens (tertiary/aromatic N) is 2. The maximum absolute atomic E-state index is 12.5. The van der Waals surface area contributed by atoms with Gasteiger partial charge in [-0.3, -0.25) is 0 Å². The topological polar surface area (TPSA) is 42.1 Å². The van der Waals surface area contributed by atoms with Gasteiger partial charge in [0.2, 0.25) is 0 Å². The molecule has 112 valence electrons. The van der Waals surface area contributed by atoms with E-state index in [0.717, 1.165) is 23.4 Å². The number of nitrogens with two attached hydrogens (primary N) is 1. The zero-order chi connectivity index (χ0) is 15.5. The van der Waals surface area contributed by atoms with Crippen molar-refractivity contribution in [3.63, 3.8) is 0 Å². The van der Waals surface area contributed by atoms with Gasteiger partial charge in [-0.2, -0.15) is 13.2 Å². The van der Waals surface area contributed by atoms with Gasteiger partial charge in [-0.05, 0) is 23.3 Å². The minimum Gasteiger partial charge on any atom is -0.355 e. The van der Waals surface area contributed by atoms with E-state index in [2.05, 4.69) is 4.98 Å². The largest absolute Gasteiger partial charge is 0.417 e. The van der Waals surface area contributed by atoms with Crippen molar-refractivity contribution in [2.45, 2.75) is 19.3 Å². The zero-order valence-electron chi connectivity index (χ0n) is 11.6. The first-order valence-electron chi connectivity index (χ1n) is 6.42. The molecule has 0 saturated heterocycles. The van der Waals surface area contributed by atoms with E-state index in [1.165, 1.54) is 6.07 Å². The van der Waals surface area contributed by atoms with Crippen LogP contribution in [0, 0.1) is 0 Å². The van der Waals surface area contributed by atoms with E-state index in [1.807, 2.05) is 24.3 Å². The van der Waals surface area contributed by atoms with Crippen molar-refractivity contribution in [3.8, 4) is 0 Å². The maximum atomic E-state index is 12.5. The molecule has 0 spiro atoms. The average Bonchev–Trinajstić information content (AvgIpc) is 2.46. The zero-order valence-corrected chi connectivity index (χ0v) is 11.6. The van der Waals surface area contributed by atoms with Crippen LogP contribution in [-0.2, 0) is 19.3 Å². The second-order valence-corrected chi connectivity index (χ2v) is 4.78. The van der Waals surface area contributed by atoms with Gasteiger partial charge in [-0.25, -0.2) is 4.98 Å². The standard InChI is InChI=1S/C15H16F3N3/c1-21(10-12-4-2-3-11(7-12)8-19)14-6-5-13(9-20-14)15(16,17)18/h2-7,9H,8,10,19H2,1H3. The Hall–Kier alpha value is -2.08. The summed E-state index contributed by atoms with van der Waals surface area (Å²) in [6, 6.07) is 10.2. The Kier molecular flexibility index (Phi) is 4.47. The minimum absolute atomic E-state index is 0.454. The summed E-state index contributed by atoms with van der Waals surface area (Å²) >= 11 is 0. The van der Waals surface area contributed by atoms with E-state index in [0.29, 0.717) is 18.9 Å². The molecule has 0 atom stereocenters. The molecule has 0 amide bonds. The van der Waals surface area contributed by atoms with Crippen molar-refractivity contribution < 1.29 is 13.2 Å². The molecule has 0 unspecified atom stereocenters. The molecule has 0 fully saturated rings. The molecule has 0 radical (unpaired) electrons. The van der Waals surface area contributed by atoms with Crippen molar-refractivity contribution in [2.24, 2.45) is 5.73 Å². The Morgan fingerprint density at radius 2 is 1.86 bits per heavy atom. The lowest BCUT2D eigenvalue weighted by Crippen LogP contribution is -2.18. The van der Waals surface area contributed by atoms with Gasteiger partial charge in [0.25, 0.3) is 0 Å². The van der Waals surface area contributed by atoms with Crippen molar-refractivity contribution in [1.29, 1.82) is 0 Å². The van der Waals surface area contributed by atoms with E-state index < -0.39 is 11.7 Å². The number of anilines is 1. The third-order valence-electron chi connectivity index (χ3n) is 3.11. The van der Waals surface area contributed by atoms with Gasteiger partial charge < -0.3 is 10.6 Å². The van der Waals surface area contributed by atoms with Crippen LogP contribution < -0.4 is 10.6 Å². The Morgan fingerprint density at radius 3 is 2.43 bits per heavy atom. The second-order valence-electron chi connectivity index (χ2n) is 4.78. The molecule has 1 aromatic carbocycles. The van der Waals surface area contributed by atoms with Gasteiger partial charge >= 0.3 is 6.18 Å². The van der Waals surface area contributed by atoms with Crippen molar-refractivity contribution in [2.75, 3.05) is 11.9 Å². The summed E-state index contributed by atoms with van der Waals surface area (Å²) in [4.78, 5) is 5.65. The van der Waals surface area contributed by atoms with E-state index in [4.69, 9.17) is 5.73 Å². The van der Waals surface area contributed by atoms with Crippen molar-refractivity contribution >= 4 is 5.82 Å². The SMILES string of the molecule is CN(Cc1cccc(CN)c1)c1ccc(C(F)(F)F)cn1. The number of rotatable bonds is 4. The lowest BCUT2D eigenvalue weighted by molar-refractivity contribution is -0.137. The minimum atomic E-state index is -4.36. The molecule has 0 aliphatic heterocycles. The smallest absolute Gasteiger partial charge is 0.355 e. The van der Waals surface area contributed by atoms with E-state index in [-0.39, 0.29) is 0 Å². The maximum Gasteiger partial charge on any atom is 0.417 e. The lowest BCUT2D eigenvalue weighted by atomic mass is 10.1. The molecule has 0 aliphatic carbocycles. The first-order valence-corrected chi connectivity index (χ1v) is 6.42. The number of hydrogen-bond donors (Lipinski definition) is 1. The first-order chi connectivity index (χ1) is 9.90. The highest BCUT2D eigenvalue weighted by Gasteiger charge is 2.30. The Labute approximate surface area is 121 Å². The van der Waals surface area contributed by atoms with E-state index in [9.17, 15) is 13.2 Å². The fraction of sp³-hybridized carbons (Fsp3) is 0.267. The number of pyridine rings is 1. The van der Waals surface area contributed by atoms with Crippen molar-refractivity contribution in [3.05, 3.63) is 59.3 Å². The summed E-state index contributed by atoms with van der Waals surface area (Å²) in [5, 5.41) is 0. The van der Waals surface area contributed by atoms with E-state index in [1.54, 1.807) is 11.9 Å². The molecule has 0 aliphatic rings. The first kappa shape index (κ1) is 15.3. The van der Waals surface area contributed by atoms with Crippen LogP contribution >= 0.6 is 0 Å². The molecule has 1 aromatic heterocycles. The summed E-state index contributed by atoms with van der Waals surface area (Å²) in [5.41, 5.74) is 6.88. The third-order valence-corrected chi connectivity index (χ3v) is 3.11. The molecule has 0 bridgehead atoms. The lowest BCUT2D eigenvalue weighted by Gasteiger charge is -2.19. The molecular weight excluding hydrogens is 279 g/mol. The molecule has 1 heterocycles. The van der Waals surface area contributed by atoms with Crippen LogP contribution in [0.2, 0.25) is 0 Å². The molecule has 2 aromatic rings. The predicted octanol–water partition coefficient (Wildman–Crippen LogP) is 3.20. The highest BCUT2D eigenvalue weighted by molar-refractivity contribution is 5.40. The highest BCUT2D eigenvalue weighted by atomic mass is 19.4. The highest BCUT2D eigenvalue weighted by Crippen LogP contribution is 2.29. The van der Waals surface area contributed by atoms with Gasteiger partial charge in [-0.1, -0.05) is 24.3 Å². The quantitative estimate of drug-likeness (QED) is 0.942. The number of benzene rings is 1. The molecule has 21 heavy (non-hydrogen) atoms. The summed E-state index contributed by atoms with van der Waals surface area (Å²) in [5.74, 6) is 0.487. The predicted molar refractivity (Wildman–Crippen MR) is 75.7 cm³/mol. The van der Waals surface area contributed by atoms with E-state index >= 15 is 0 Å². The van der Waals surface area contributed by atoms with Gasteiger partial charge in [0.15, 0.2) is 0 Å². The number of aromatic nitrogens is 1. The monoisotopic (exact) mass is 295 g/mol. The van der Waals surface area contributed by atoms with Crippen LogP contribution in [0.1, 0.15) is 16.7 Å². The second kappa shape index (κ2) is 6.13. The van der Waals surface area contributed by atoms with Crippen LogP contribution in [0.4, 0.5) is 19.0 Å². The van der Waals surface area contributed by atoms with Crippen LogP contribution in [0.5, 0.6) is 0 Å². The van der Waals surface area contributed by atoms with Crippen LogP contribution in [0.15, 0.2) is 42.6 Å². The fourth-order valence-corrected chi connectivity index (χ4v) is 1.99. The van der Waals surface area contributed by atoms with Crippen molar-refractivity contribution in [1.82, 2.24) is 4.98 Å².